The highest BCUT2D eigenvalue weighted by atomic mass is 16.2. The van der Waals surface area contributed by atoms with Crippen molar-refractivity contribution in [1.29, 1.82) is 0 Å². The molecular formula is C30H42N4O4. The van der Waals surface area contributed by atoms with E-state index in [1.54, 1.807) is 13.8 Å². The normalized spacial score (nSPS) is 10.5. The fourth-order valence-electron chi connectivity index (χ4n) is 3.99. The first-order valence-electron chi connectivity index (χ1n) is 13.6. The number of anilines is 4. The summed E-state index contributed by atoms with van der Waals surface area (Å²) in [5.41, 5.74) is 4.56. The summed E-state index contributed by atoms with van der Waals surface area (Å²) < 4.78 is 0. The maximum Gasteiger partial charge on any atom is 0.224 e. The third kappa shape index (κ3) is 10.4. The van der Waals surface area contributed by atoms with E-state index >= 15 is 0 Å². The van der Waals surface area contributed by atoms with Crippen LogP contribution in [0.1, 0.15) is 89.2 Å². The molecule has 0 atom stereocenters. The number of carbonyl (C=O) groups excluding carboxylic acids is 4. The summed E-state index contributed by atoms with van der Waals surface area (Å²) in [5.74, 6) is -0.179. The molecule has 0 aliphatic carbocycles. The molecule has 0 radical (unpaired) electrons. The van der Waals surface area contributed by atoms with Crippen LogP contribution in [0.25, 0.3) is 0 Å². The van der Waals surface area contributed by atoms with Crippen molar-refractivity contribution in [2.45, 2.75) is 91.9 Å². The van der Waals surface area contributed by atoms with Crippen LogP contribution in [0.4, 0.5) is 22.7 Å². The molecule has 0 unspecified atom stereocenters. The average molecular weight is 523 g/mol. The van der Waals surface area contributed by atoms with Gasteiger partial charge in [-0.3, -0.25) is 19.2 Å². The summed E-state index contributed by atoms with van der Waals surface area (Å²) in [5, 5.41) is 11.6. The maximum absolute atomic E-state index is 12.4. The molecule has 0 saturated heterocycles. The van der Waals surface area contributed by atoms with Crippen LogP contribution >= 0.6 is 0 Å². The number of benzene rings is 2. The van der Waals surface area contributed by atoms with Crippen molar-refractivity contribution >= 4 is 46.4 Å². The molecule has 4 amide bonds. The van der Waals surface area contributed by atoms with Gasteiger partial charge in [0.1, 0.15) is 0 Å². The minimum absolute atomic E-state index is 0.0302. The van der Waals surface area contributed by atoms with Gasteiger partial charge < -0.3 is 21.3 Å². The van der Waals surface area contributed by atoms with Crippen molar-refractivity contribution < 1.29 is 19.2 Å². The molecule has 0 fully saturated rings. The monoisotopic (exact) mass is 522 g/mol. The Balaban J connectivity index is 1.61. The van der Waals surface area contributed by atoms with Gasteiger partial charge in [-0.2, -0.15) is 0 Å². The molecule has 0 spiro atoms. The number of hydrogen-bond donors (Lipinski definition) is 4. The van der Waals surface area contributed by atoms with E-state index in [9.17, 15) is 19.2 Å². The summed E-state index contributed by atoms with van der Waals surface area (Å²) in [7, 11) is 0. The topological polar surface area (TPSA) is 116 Å². The lowest BCUT2D eigenvalue weighted by atomic mass is 10.1. The SMILES string of the molecule is CCC(=O)Nc1cccc(NC(=O)CCCCCCCCC(=O)Nc2cccc(NC(=O)CC)c2C)c1C. The van der Waals surface area contributed by atoms with E-state index in [-0.39, 0.29) is 23.6 Å². The predicted molar refractivity (Wildman–Crippen MR) is 154 cm³/mol. The number of unbranched alkanes of at least 4 members (excludes halogenated alkanes) is 5. The first-order valence-corrected chi connectivity index (χ1v) is 13.6. The van der Waals surface area contributed by atoms with Crippen molar-refractivity contribution in [3.05, 3.63) is 47.5 Å². The number of rotatable bonds is 15. The Kier molecular flexibility index (Phi) is 13.0. The van der Waals surface area contributed by atoms with Gasteiger partial charge in [0.2, 0.25) is 23.6 Å². The molecule has 8 nitrogen and oxygen atoms in total. The van der Waals surface area contributed by atoms with Crippen LogP contribution < -0.4 is 21.3 Å². The van der Waals surface area contributed by atoms with E-state index in [0.717, 1.165) is 61.0 Å². The summed E-state index contributed by atoms with van der Waals surface area (Å²) >= 11 is 0. The van der Waals surface area contributed by atoms with E-state index in [1.807, 2.05) is 50.2 Å². The number of nitrogens with one attached hydrogen (secondary N) is 4. The van der Waals surface area contributed by atoms with E-state index in [2.05, 4.69) is 21.3 Å². The van der Waals surface area contributed by atoms with Gasteiger partial charge in [0.25, 0.3) is 0 Å². The molecule has 0 heterocycles. The number of hydrogen-bond acceptors (Lipinski definition) is 4. The summed E-state index contributed by atoms with van der Waals surface area (Å²) in [6.07, 6.45) is 7.27. The number of amides is 4. The van der Waals surface area contributed by atoms with E-state index < -0.39 is 0 Å². The second kappa shape index (κ2) is 16.2. The van der Waals surface area contributed by atoms with Crippen LogP contribution in [0.3, 0.4) is 0 Å². The Morgan fingerprint density at radius 2 is 0.789 bits per heavy atom. The fourth-order valence-corrected chi connectivity index (χ4v) is 3.99. The molecule has 2 aromatic carbocycles. The Bertz CT molecular complexity index is 1030. The smallest absolute Gasteiger partial charge is 0.224 e. The zero-order chi connectivity index (χ0) is 27.9. The molecule has 2 rings (SSSR count). The van der Waals surface area contributed by atoms with Gasteiger partial charge in [0, 0.05) is 48.4 Å². The molecule has 0 bridgehead atoms. The third-order valence-electron chi connectivity index (χ3n) is 6.46. The van der Waals surface area contributed by atoms with Crippen LogP contribution in [-0.2, 0) is 19.2 Å². The van der Waals surface area contributed by atoms with Crippen molar-refractivity contribution in [3.8, 4) is 0 Å². The fraction of sp³-hybridized carbons (Fsp3) is 0.467. The number of carbonyl (C=O) groups is 4. The zero-order valence-electron chi connectivity index (χ0n) is 23.2. The van der Waals surface area contributed by atoms with Crippen molar-refractivity contribution in [2.75, 3.05) is 21.3 Å². The lowest BCUT2D eigenvalue weighted by molar-refractivity contribution is -0.117. The molecule has 8 heteroatoms. The Morgan fingerprint density at radius 1 is 0.500 bits per heavy atom. The molecule has 0 aliphatic heterocycles. The minimum Gasteiger partial charge on any atom is -0.326 e. The van der Waals surface area contributed by atoms with Gasteiger partial charge in [-0.15, -0.1) is 0 Å². The van der Waals surface area contributed by atoms with Crippen molar-refractivity contribution in [2.24, 2.45) is 0 Å². The van der Waals surface area contributed by atoms with E-state index in [0.29, 0.717) is 37.1 Å². The Labute approximate surface area is 226 Å². The van der Waals surface area contributed by atoms with Gasteiger partial charge in [0.15, 0.2) is 0 Å². The second-order valence-electron chi connectivity index (χ2n) is 9.48. The third-order valence-corrected chi connectivity index (χ3v) is 6.46. The lowest BCUT2D eigenvalue weighted by Crippen LogP contribution is -2.14. The summed E-state index contributed by atoms with van der Waals surface area (Å²) in [4.78, 5) is 48.1. The molecule has 2 aromatic rings. The zero-order valence-corrected chi connectivity index (χ0v) is 23.2. The maximum atomic E-state index is 12.4. The van der Waals surface area contributed by atoms with Gasteiger partial charge in [0.05, 0.1) is 0 Å². The quantitative estimate of drug-likeness (QED) is 0.195. The molecule has 4 N–H and O–H groups in total. The average Bonchev–Trinajstić information content (AvgIpc) is 2.90. The van der Waals surface area contributed by atoms with Crippen LogP contribution in [-0.4, -0.2) is 23.6 Å². The van der Waals surface area contributed by atoms with Crippen LogP contribution in [0, 0.1) is 13.8 Å². The molecule has 38 heavy (non-hydrogen) atoms. The van der Waals surface area contributed by atoms with E-state index in [4.69, 9.17) is 0 Å². The van der Waals surface area contributed by atoms with E-state index in [1.165, 1.54) is 0 Å². The van der Waals surface area contributed by atoms with Gasteiger partial charge in [-0.25, -0.2) is 0 Å². The highest BCUT2D eigenvalue weighted by molar-refractivity contribution is 5.96. The summed E-state index contributed by atoms with van der Waals surface area (Å²) in [6.45, 7) is 7.36. The standard InChI is InChI=1S/C30H42N4O4/c1-5-27(35)31-23-15-13-17-25(21(23)3)33-29(37)19-11-9-7-8-10-12-20-30(38)34-26-18-14-16-24(22(26)4)32-28(36)6-2/h13-18H,5-12,19-20H2,1-4H3,(H,31,35)(H,32,36)(H,33,37)(H,34,38). The Morgan fingerprint density at radius 3 is 1.11 bits per heavy atom. The molecular weight excluding hydrogens is 480 g/mol. The summed E-state index contributed by atoms with van der Waals surface area (Å²) in [6, 6.07) is 11.0. The van der Waals surface area contributed by atoms with Crippen molar-refractivity contribution in [1.82, 2.24) is 0 Å². The molecule has 0 aromatic heterocycles. The largest absolute Gasteiger partial charge is 0.326 e. The minimum atomic E-state index is -0.0591. The first-order chi connectivity index (χ1) is 18.2. The molecule has 0 aliphatic rings. The highest BCUT2D eigenvalue weighted by Gasteiger charge is 2.11. The Hall–Kier alpha value is -3.68. The first kappa shape index (κ1) is 30.5. The second-order valence-corrected chi connectivity index (χ2v) is 9.48. The van der Waals surface area contributed by atoms with Gasteiger partial charge in [-0.05, 0) is 62.1 Å². The van der Waals surface area contributed by atoms with Crippen LogP contribution in [0.2, 0.25) is 0 Å². The van der Waals surface area contributed by atoms with Crippen LogP contribution in [0.15, 0.2) is 36.4 Å². The highest BCUT2D eigenvalue weighted by Crippen LogP contribution is 2.25. The van der Waals surface area contributed by atoms with Gasteiger partial charge in [-0.1, -0.05) is 51.7 Å². The molecule has 0 saturated carbocycles. The predicted octanol–water partition coefficient (Wildman–Crippen LogP) is 6.70. The van der Waals surface area contributed by atoms with Gasteiger partial charge >= 0.3 is 0 Å². The van der Waals surface area contributed by atoms with Crippen molar-refractivity contribution in [3.63, 3.8) is 0 Å². The molecule has 206 valence electrons. The van der Waals surface area contributed by atoms with Crippen LogP contribution in [0.5, 0.6) is 0 Å². The lowest BCUT2D eigenvalue weighted by Gasteiger charge is -2.13.